The molecule has 0 saturated carbocycles. The number of carbonyl (C=O) groups is 2. The summed E-state index contributed by atoms with van der Waals surface area (Å²) in [6, 6.07) is 15.0. The predicted molar refractivity (Wildman–Crippen MR) is 142 cm³/mol. The lowest BCUT2D eigenvalue weighted by Crippen LogP contribution is -2.21. The molecule has 0 aliphatic carbocycles. The summed E-state index contributed by atoms with van der Waals surface area (Å²) >= 11 is 6.03. The zero-order valence-corrected chi connectivity index (χ0v) is 23.2. The molecule has 1 atom stereocenters. The lowest BCUT2D eigenvalue weighted by Gasteiger charge is -2.11. The van der Waals surface area contributed by atoms with E-state index in [2.05, 4.69) is 25.6 Å². The number of carboxylic acid groups (broad SMARTS) is 1. The number of amidine groups is 1. The number of thioether (sulfide) groups is 1. The first kappa shape index (κ1) is 30.3. The third kappa shape index (κ3) is 8.31. The van der Waals surface area contributed by atoms with Crippen LogP contribution in [0.25, 0.3) is 0 Å². The van der Waals surface area contributed by atoms with Crippen molar-refractivity contribution >= 4 is 72.3 Å². The number of benzene rings is 2. The maximum atomic E-state index is 14.2. The number of aliphatic carboxylic acids is 1. The van der Waals surface area contributed by atoms with Crippen LogP contribution in [0.3, 0.4) is 0 Å². The molecule has 1 aromatic heterocycles. The van der Waals surface area contributed by atoms with Crippen LogP contribution in [0.15, 0.2) is 77.4 Å². The van der Waals surface area contributed by atoms with Crippen molar-refractivity contribution in [2.75, 3.05) is 11.6 Å². The molecule has 0 spiro atoms. The van der Waals surface area contributed by atoms with E-state index < -0.39 is 27.9 Å². The summed E-state index contributed by atoms with van der Waals surface area (Å²) in [6.45, 7) is 1.95. The minimum absolute atomic E-state index is 0.123. The number of urea groups is 1. The number of nitrogen functional groups attached to an aromatic ring is 1. The number of hydrogen-bond acceptors (Lipinski definition) is 6. The van der Waals surface area contributed by atoms with Gasteiger partial charge in [-0.15, -0.1) is 27.5 Å². The molecule has 3 rings (SSSR count). The van der Waals surface area contributed by atoms with E-state index in [1.807, 2.05) is 25.3 Å². The molecule has 1 heterocycles. The number of amides is 2. The zero-order chi connectivity index (χ0) is 28.0. The highest BCUT2D eigenvalue weighted by Crippen LogP contribution is 2.38. The summed E-state index contributed by atoms with van der Waals surface area (Å²) < 4.78 is 51.5. The first-order valence-corrected chi connectivity index (χ1v) is 14.2. The Morgan fingerprint density at radius 3 is 2.27 bits per heavy atom. The minimum Gasteiger partial charge on any atom is -0.475 e. The average Bonchev–Trinajstić information content (AvgIpc) is 3.26. The molecule has 0 bridgehead atoms. The molecule has 2 aromatic carbocycles. The summed E-state index contributed by atoms with van der Waals surface area (Å²) in [6.07, 6.45) is -3.24. The number of alkyl halides is 3. The number of nitrogens with zero attached hydrogens (tertiary/aromatic N) is 1. The Balaban J connectivity index is 0.000000604. The van der Waals surface area contributed by atoms with Crippen molar-refractivity contribution in [2.24, 2.45) is 10.1 Å². The molecular weight excluding hydrogens is 617 g/mol. The Hall–Kier alpha value is -2.88. The van der Waals surface area contributed by atoms with Gasteiger partial charge in [0, 0.05) is 10.2 Å². The molecule has 0 saturated heterocycles. The standard InChI is InChI=1S/C20H19BrN4O2S3.C2HF3O2/c1-12-6-8-14(9-7-12)24-20(26)25-30(27,15-5-3-4-13(21)10-15)17-11-16(18(22)23)29-19(17)28-2;3-2(4,5)1(6)7/h3-11H,1-2H3,(H3,22,23)(H,24,26);(H,6,7). The van der Waals surface area contributed by atoms with Crippen LogP contribution in [-0.2, 0) is 14.5 Å². The van der Waals surface area contributed by atoms with Crippen molar-refractivity contribution in [3.63, 3.8) is 0 Å². The van der Waals surface area contributed by atoms with Gasteiger partial charge in [0.2, 0.25) is 0 Å². The van der Waals surface area contributed by atoms with Crippen molar-refractivity contribution in [2.45, 2.75) is 27.1 Å². The van der Waals surface area contributed by atoms with Crippen molar-refractivity contribution < 1.29 is 32.1 Å². The Labute approximate surface area is 227 Å². The number of rotatable bonds is 5. The van der Waals surface area contributed by atoms with E-state index in [9.17, 15) is 22.2 Å². The Morgan fingerprint density at radius 2 is 1.78 bits per heavy atom. The number of halogens is 4. The fraction of sp³-hybridized carbons (Fsp3) is 0.136. The number of carbonyl (C=O) groups excluding carboxylic acids is 1. The van der Waals surface area contributed by atoms with E-state index >= 15 is 0 Å². The van der Waals surface area contributed by atoms with Gasteiger partial charge in [0.15, 0.2) is 0 Å². The molecule has 0 fully saturated rings. The van der Waals surface area contributed by atoms with Crippen LogP contribution in [0.5, 0.6) is 0 Å². The molecule has 2 amide bonds. The highest BCUT2D eigenvalue weighted by molar-refractivity contribution is 9.10. The summed E-state index contributed by atoms with van der Waals surface area (Å²) in [4.78, 5) is 22.9. The quantitative estimate of drug-likeness (QED) is 0.141. The number of hydrogen-bond donors (Lipinski definition) is 4. The highest BCUT2D eigenvalue weighted by Gasteiger charge is 2.38. The van der Waals surface area contributed by atoms with Gasteiger partial charge in [-0.1, -0.05) is 39.7 Å². The fourth-order valence-corrected chi connectivity index (χ4v) is 7.57. The molecular formula is C22H20BrF3N4O4S3. The molecule has 0 aliphatic rings. The van der Waals surface area contributed by atoms with Crippen LogP contribution in [0.2, 0.25) is 0 Å². The second-order valence-corrected chi connectivity index (χ2v) is 12.2. The summed E-state index contributed by atoms with van der Waals surface area (Å²) in [7, 11) is -3.33. The topological polar surface area (TPSA) is 146 Å². The molecule has 0 aliphatic heterocycles. The molecule has 1 unspecified atom stereocenters. The number of nitrogens with one attached hydrogen (secondary N) is 2. The van der Waals surface area contributed by atoms with Gasteiger partial charge in [-0.05, 0) is 49.6 Å². The van der Waals surface area contributed by atoms with Crippen molar-refractivity contribution in [3.05, 3.63) is 69.5 Å². The Kier molecular flexibility index (Phi) is 10.3. The number of thiophene rings is 1. The second-order valence-electron chi connectivity index (χ2n) is 7.05. The van der Waals surface area contributed by atoms with Crippen LogP contribution in [-0.4, -0.2) is 39.6 Å². The van der Waals surface area contributed by atoms with E-state index in [-0.39, 0.29) is 5.84 Å². The highest BCUT2D eigenvalue weighted by atomic mass is 79.9. The van der Waals surface area contributed by atoms with E-state index in [4.69, 9.17) is 21.0 Å². The van der Waals surface area contributed by atoms with E-state index in [0.29, 0.717) is 24.6 Å². The molecule has 8 nitrogen and oxygen atoms in total. The Morgan fingerprint density at radius 1 is 1.19 bits per heavy atom. The van der Waals surface area contributed by atoms with Crippen LogP contribution < -0.4 is 11.1 Å². The molecule has 198 valence electrons. The van der Waals surface area contributed by atoms with Gasteiger partial charge in [-0.3, -0.25) is 5.41 Å². The largest absolute Gasteiger partial charge is 0.490 e. The molecule has 15 heteroatoms. The van der Waals surface area contributed by atoms with Gasteiger partial charge in [-0.25, -0.2) is 13.8 Å². The van der Waals surface area contributed by atoms with Gasteiger partial charge in [0.05, 0.1) is 18.9 Å². The fourth-order valence-electron chi connectivity index (χ4n) is 2.59. The van der Waals surface area contributed by atoms with Gasteiger partial charge in [0.25, 0.3) is 0 Å². The summed E-state index contributed by atoms with van der Waals surface area (Å²) in [5.41, 5.74) is 7.26. The Bertz CT molecular complexity index is 1430. The molecule has 0 radical (unpaired) electrons. The maximum Gasteiger partial charge on any atom is 0.490 e. The van der Waals surface area contributed by atoms with Crippen LogP contribution >= 0.6 is 39.0 Å². The molecule has 37 heavy (non-hydrogen) atoms. The van der Waals surface area contributed by atoms with E-state index in [0.717, 1.165) is 10.0 Å². The third-order valence-corrected chi connectivity index (χ3v) is 9.58. The van der Waals surface area contributed by atoms with Crippen molar-refractivity contribution in [1.29, 1.82) is 5.41 Å². The lowest BCUT2D eigenvalue weighted by molar-refractivity contribution is -0.192. The van der Waals surface area contributed by atoms with Gasteiger partial charge in [-0.2, -0.15) is 13.2 Å². The first-order chi connectivity index (χ1) is 17.2. The van der Waals surface area contributed by atoms with E-state index in [1.54, 1.807) is 42.5 Å². The molecule has 5 N–H and O–H groups in total. The number of aryl methyl sites for hydroxylation is 1. The lowest BCUT2D eigenvalue weighted by atomic mass is 10.2. The van der Waals surface area contributed by atoms with Crippen molar-refractivity contribution in [3.8, 4) is 0 Å². The SMILES string of the molecule is CSc1sc(C(=N)N)cc1S(=O)(=NC(=O)Nc1ccc(C)cc1)c1cccc(Br)c1.O=C(O)C(F)(F)F. The van der Waals surface area contributed by atoms with Gasteiger partial charge >= 0.3 is 18.2 Å². The third-order valence-electron chi connectivity index (χ3n) is 4.29. The smallest absolute Gasteiger partial charge is 0.475 e. The summed E-state index contributed by atoms with van der Waals surface area (Å²) in [5.74, 6) is -2.88. The first-order valence-electron chi connectivity index (χ1n) is 9.90. The monoisotopic (exact) mass is 636 g/mol. The zero-order valence-electron chi connectivity index (χ0n) is 19.1. The van der Waals surface area contributed by atoms with Crippen LogP contribution in [0.1, 0.15) is 10.4 Å². The predicted octanol–water partition coefficient (Wildman–Crippen LogP) is 6.58. The van der Waals surface area contributed by atoms with Crippen LogP contribution in [0.4, 0.5) is 23.7 Å². The van der Waals surface area contributed by atoms with Gasteiger partial charge in [0.1, 0.15) is 15.6 Å². The molecule has 3 aromatic rings. The number of anilines is 1. The summed E-state index contributed by atoms with van der Waals surface area (Å²) in [5, 5.41) is 17.5. The normalized spacial score (nSPS) is 12.5. The number of carboxylic acids is 1. The number of nitrogens with two attached hydrogens (primary N) is 1. The van der Waals surface area contributed by atoms with Gasteiger partial charge < -0.3 is 16.2 Å². The maximum absolute atomic E-state index is 14.2. The van der Waals surface area contributed by atoms with Crippen LogP contribution in [0, 0.1) is 12.3 Å². The minimum atomic E-state index is -5.08. The average molecular weight is 638 g/mol. The van der Waals surface area contributed by atoms with E-state index in [1.165, 1.54) is 23.1 Å². The second kappa shape index (κ2) is 12.6. The van der Waals surface area contributed by atoms with Crippen molar-refractivity contribution in [1.82, 2.24) is 0 Å².